The number of fused-ring (bicyclic) bond motifs is 1. The molecule has 0 aromatic heterocycles. The molecular weight excluding hydrogens is 389 g/mol. The summed E-state index contributed by atoms with van der Waals surface area (Å²) in [6.45, 7) is 3.50. The van der Waals surface area contributed by atoms with Gasteiger partial charge in [0.1, 0.15) is 5.82 Å². The first-order valence-electron chi connectivity index (χ1n) is 10.2. The summed E-state index contributed by atoms with van der Waals surface area (Å²) >= 11 is 0. The van der Waals surface area contributed by atoms with Crippen molar-refractivity contribution < 1.29 is 28.4 Å². The zero-order valence-corrected chi connectivity index (χ0v) is 16.5. The van der Waals surface area contributed by atoms with Gasteiger partial charge in [0.15, 0.2) is 17.5 Å². The van der Waals surface area contributed by atoms with Gasteiger partial charge in [0.05, 0.1) is 39.1 Å². The molecule has 0 spiro atoms. The van der Waals surface area contributed by atoms with Crippen LogP contribution in [0.3, 0.4) is 0 Å². The minimum Gasteiger partial charge on any atom is -0.454 e. The van der Waals surface area contributed by atoms with Crippen LogP contribution < -0.4 is 19.3 Å². The highest BCUT2D eigenvalue weighted by Crippen LogP contribution is 2.33. The summed E-state index contributed by atoms with van der Waals surface area (Å²) in [5.74, 6) is 0.838. The van der Waals surface area contributed by atoms with E-state index < -0.39 is 0 Å². The molecule has 3 aliphatic heterocycles. The third kappa shape index (κ3) is 3.47. The smallest absolute Gasteiger partial charge is 0.288 e. The predicted octanol–water partition coefficient (Wildman–Crippen LogP) is 0.587. The molecule has 2 fully saturated rings. The van der Waals surface area contributed by atoms with Crippen molar-refractivity contribution in [2.24, 2.45) is 0 Å². The van der Waals surface area contributed by atoms with Crippen molar-refractivity contribution in [1.29, 1.82) is 0 Å². The van der Waals surface area contributed by atoms with Crippen molar-refractivity contribution in [2.45, 2.75) is 19.0 Å². The lowest BCUT2D eigenvalue weighted by atomic mass is 10.1. The molecule has 0 radical (unpaired) electrons. The molecule has 1 atom stereocenters. The molecule has 0 aliphatic carbocycles. The normalized spacial score (nSPS) is 21.6. The number of piperazine rings is 1. The molecule has 0 saturated carbocycles. The first kappa shape index (κ1) is 18.9. The maximum Gasteiger partial charge on any atom is 0.288 e. The van der Waals surface area contributed by atoms with Gasteiger partial charge in [-0.05, 0) is 42.0 Å². The number of rotatable bonds is 4. The summed E-state index contributed by atoms with van der Waals surface area (Å²) in [6.07, 6.45) is 0.245. The predicted molar refractivity (Wildman–Crippen MR) is 106 cm³/mol. The van der Waals surface area contributed by atoms with Gasteiger partial charge in [-0.2, -0.15) is 0 Å². The first-order valence-corrected chi connectivity index (χ1v) is 10.2. The second kappa shape index (κ2) is 7.60. The van der Waals surface area contributed by atoms with Gasteiger partial charge in [-0.3, -0.25) is 14.5 Å². The third-order valence-corrected chi connectivity index (χ3v) is 6.11. The zero-order chi connectivity index (χ0) is 20.7. The number of carbonyl (C=O) groups excluding carboxylic acids is 2. The van der Waals surface area contributed by atoms with Gasteiger partial charge in [-0.15, -0.1) is 0 Å². The summed E-state index contributed by atoms with van der Waals surface area (Å²) in [7, 11) is 0. The van der Waals surface area contributed by atoms with E-state index in [-0.39, 0.29) is 43.4 Å². The Kier molecular flexibility index (Phi) is 4.78. The van der Waals surface area contributed by atoms with E-state index in [9.17, 15) is 14.0 Å². The van der Waals surface area contributed by atoms with Gasteiger partial charge >= 0.3 is 0 Å². The molecule has 3 aliphatic rings. The minimum absolute atomic E-state index is 0.108. The number of imide groups is 1. The lowest BCUT2D eigenvalue weighted by Crippen LogP contribution is -3.19. The number of carbonyl (C=O) groups is 2. The summed E-state index contributed by atoms with van der Waals surface area (Å²) < 4.78 is 23.8. The lowest BCUT2D eigenvalue weighted by molar-refractivity contribution is -0.915. The molecule has 2 amide bonds. The van der Waals surface area contributed by atoms with Crippen molar-refractivity contribution >= 4 is 17.5 Å². The highest BCUT2D eigenvalue weighted by atomic mass is 19.1. The average Bonchev–Trinajstić information content (AvgIpc) is 3.34. The molecule has 5 rings (SSSR count). The number of halogens is 1. The van der Waals surface area contributed by atoms with Crippen LogP contribution in [-0.4, -0.2) is 55.7 Å². The molecule has 8 heteroatoms. The quantitative estimate of drug-likeness (QED) is 0.745. The van der Waals surface area contributed by atoms with E-state index in [1.54, 1.807) is 18.2 Å². The van der Waals surface area contributed by atoms with Gasteiger partial charge in [0, 0.05) is 5.69 Å². The van der Waals surface area contributed by atoms with E-state index in [0.717, 1.165) is 42.3 Å². The number of hydrogen-bond acceptors (Lipinski definition) is 5. The van der Waals surface area contributed by atoms with Gasteiger partial charge in [0.25, 0.3) is 5.91 Å². The lowest BCUT2D eigenvalue weighted by Gasteiger charge is -2.35. The Morgan fingerprint density at radius 2 is 1.73 bits per heavy atom. The Morgan fingerprint density at radius 3 is 2.50 bits per heavy atom. The number of quaternary nitrogens is 1. The third-order valence-electron chi connectivity index (χ3n) is 6.11. The van der Waals surface area contributed by atoms with E-state index in [2.05, 4.69) is 4.90 Å². The second-order valence-corrected chi connectivity index (χ2v) is 7.88. The molecule has 0 bridgehead atoms. The largest absolute Gasteiger partial charge is 0.454 e. The highest BCUT2D eigenvalue weighted by Gasteiger charge is 2.45. The molecular formula is C22H23FN3O4+. The number of anilines is 1. The fourth-order valence-electron chi connectivity index (χ4n) is 4.44. The van der Waals surface area contributed by atoms with E-state index >= 15 is 0 Å². The van der Waals surface area contributed by atoms with Crippen molar-refractivity contribution in [3.8, 4) is 11.5 Å². The van der Waals surface area contributed by atoms with Crippen LogP contribution in [0.15, 0.2) is 42.5 Å². The molecule has 2 aromatic rings. The number of hydrogen-bond donors (Lipinski definition) is 1. The molecule has 156 valence electrons. The Morgan fingerprint density at radius 1 is 1.00 bits per heavy atom. The van der Waals surface area contributed by atoms with Gasteiger partial charge in [-0.1, -0.05) is 6.07 Å². The van der Waals surface area contributed by atoms with Crippen LogP contribution in [0.4, 0.5) is 10.1 Å². The number of nitrogens with one attached hydrogen (secondary N) is 1. The maximum absolute atomic E-state index is 13.1. The van der Waals surface area contributed by atoms with Crippen molar-refractivity contribution in [3.63, 3.8) is 0 Å². The monoisotopic (exact) mass is 412 g/mol. The second-order valence-electron chi connectivity index (χ2n) is 7.88. The molecule has 1 N–H and O–H groups in total. The minimum atomic E-state index is -0.332. The standard InChI is InChI=1S/C22H22FN3O4/c23-16-2-4-17(5-3-16)24-7-9-25(10-8-24)18-12-21(27)26(22(18)28)13-15-1-6-19-20(11-15)30-14-29-19/h1-6,11,18H,7-10,12-14H2/p+1/t18-/m0/s1. The van der Waals surface area contributed by atoms with Crippen LogP contribution in [0.2, 0.25) is 0 Å². The van der Waals surface area contributed by atoms with Crippen LogP contribution in [0.25, 0.3) is 0 Å². The molecule has 3 heterocycles. The molecule has 2 aromatic carbocycles. The van der Waals surface area contributed by atoms with E-state index in [0.29, 0.717) is 11.5 Å². The van der Waals surface area contributed by atoms with E-state index in [4.69, 9.17) is 9.47 Å². The number of ether oxygens (including phenoxy) is 2. The topological polar surface area (TPSA) is 63.5 Å². The summed E-state index contributed by atoms with van der Waals surface area (Å²) in [6, 6.07) is 11.6. The SMILES string of the molecule is O=C1C[C@H]([NH+]2CCN(c3ccc(F)cc3)CC2)C(=O)N1Cc1ccc2c(c1)OCO2. The van der Waals surface area contributed by atoms with Crippen LogP contribution in [0, 0.1) is 5.82 Å². The van der Waals surface area contributed by atoms with Gasteiger partial charge in [0.2, 0.25) is 12.7 Å². The molecule has 7 nitrogen and oxygen atoms in total. The Hall–Kier alpha value is -3.13. The van der Waals surface area contributed by atoms with Crippen molar-refractivity contribution in [2.75, 3.05) is 37.9 Å². The number of amides is 2. The maximum atomic E-state index is 13.1. The fourth-order valence-corrected chi connectivity index (χ4v) is 4.44. The van der Waals surface area contributed by atoms with E-state index in [1.165, 1.54) is 17.0 Å². The molecule has 2 saturated heterocycles. The summed E-state index contributed by atoms with van der Waals surface area (Å²) in [5.41, 5.74) is 1.83. The highest BCUT2D eigenvalue weighted by molar-refractivity contribution is 6.04. The van der Waals surface area contributed by atoms with Crippen LogP contribution in [0.5, 0.6) is 11.5 Å². The first-order chi connectivity index (χ1) is 14.6. The number of benzene rings is 2. The van der Waals surface area contributed by atoms with Gasteiger partial charge in [-0.25, -0.2) is 4.39 Å². The van der Waals surface area contributed by atoms with Crippen molar-refractivity contribution in [3.05, 3.63) is 53.8 Å². The van der Waals surface area contributed by atoms with E-state index in [1.807, 2.05) is 12.1 Å². The summed E-state index contributed by atoms with van der Waals surface area (Å²) in [5, 5.41) is 0. The Bertz CT molecular complexity index is 973. The van der Waals surface area contributed by atoms with Crippen LogP contribution in [0.1, 0.15) is 12.0 Å². The summed E-state index contributed by atoms with van der Waals surface area (Å²) in [4.78, 5) is 30.3. The average molecular weight is 412 g/mol. The molecule has 0 unspecified atom stereocenters. The van der Waals surface area contributed by atoms with Crippen molar-refractivity contribution in [1.82, 2.24) is 4.90 Å². The van der Waals surface area contributed by atoms with Crippen LogP contribution in [-0.2, 0) is 16.1 Å². The number of likely N-dealkylation sites (tertiary alicyclic amines) is 1. The fraction of sp³-hybridized carbons (Fsp3) is 0.364. The number of nitrogens with zero attached hydrogens (tertiary/aromatic N) is 2. The molecule has 30 heavy (non-hydrogen) atoms. The zero-order valence-electron chi connectivity index (χ0n) is 16.5. The van der Waals surface area contributed by atoms with Crippen LogP contribution >= 0.6 is 0 Å². The Balaban J connectivity index is 1.22. The Labute approximate surface area is 173 Å². The van der Waals surface area contributed by atoms with Gasteiger partial charge < -0.3 is 19.3 Å².